The number of benzene rings is 1. The maximum absolute atomic E-state index is 11.0. The molecule has 2 nitrogen and oxygen atoms in total. The van der Waals surface area contributed by atoms with Crippen LogP contribution in [0.2, 0.25) is 0 Å². The van der Waals surface area contributed by atoms with Crippen molar-refractivity contribution in [2.45, 2.75) is 26.2 Å². The van der Waals surface area contributed by atoms with E-state index < -0.39 is 11.9 Å². The number of halogens is 1. The van der Waals surface area contributed by atoms with E-state index in [9.17, 15) is 4.79 Å². The van der Waals surface area contributed by atoms with Crippen molar-refractivity contribution >= 4 is 21.9 Å². The molecule has 1 aromatic carbocycles. The number of carbonyl (C=O) groups is 1. The topological polar surface area (TPSA) is 37.3 Å². The average molecular weight is 257 g/mol. The highest BCUT2D eigenvalue weighted by Crippen LogP contribution is 2.26. The third-order valence-corrected chi connectivity index (χ3v) is 2.82. The summed E-state index contributed by atoms with van der Waals surface area (Å²) in [4.78, 5) is 11.0. The predicted molar refractivity (Wildman–Crippen MR) is 59.5 cm³/mol. The van der Waals surface area contributed by atoms with Gasteiger partial charge in [0, 0.05) is 4.47 Å². The van der Waals surface area contributed by atoms with E-state index in [1.807, 2.05) is 32.0 Å². The number of rotatable bonds is 3. The second-order valence-corrected chi connectivity index (χ2v) is 4.22. The van der Waals surface area contributed by atoms with Crippen LogP contribution in [0.3, 0.4) is 0 Å². The van der Waals surface area contributed by atoms with Gasteiger partial charge in [0.25, 0.3) is 0 Å². The summed E-state index contributed by atoms with van der Waals surface area (Å²) in [5.41, 5.74) is 1.93. The molecule has 0 radical (unpaired) electrons. The van der Waals surface area contributed by atoms with Crippen molar-refractivity contribution < 1.29 is 9.90 Å². The van der Waals surface area contributed by atoms with Crippen molar-refractivity contribution in [2.75, 3.05) is 0 Å². The van der Waals surface area contributed by atoms with Crippen molar-refractivity contribution in [3.63, 3.8) is 0 Å². The standard InChI is InChI=1S/C11H13BrO2/c1-3-9(11(13)14)10-6-8(12)5-4-7(10)2/h4-6,9H,3H2,1-2H3,(H,13,14). The third kappa shape index (κ3) is 2.35. The Kier molecular flexibility index (Phi) is 3.69. The predicted octanol–water partition coefficient (Wildman–Crippen LogP) is 3.34. The summed E-state index contributed by atoms with van der Waals surface area (Å²) in [7, 11) is 0. The first-order valence-electron chi connectivity index (χ1n) is 4.55. The fourth-order valence-electron chi connectivity index (χ4n) is 1.51. The van der Waals surface area contributed by atoms with E-state index in [0.29, 0.717) is 6.42 Å². The molecule has 0 aromatic heterocycles. The summed E-state index contributed by atoms with van der Waals surface area (Å²) < 4.78 is 0.929. The van der Waals surface area contributed by atoms with Crippen LogP contribution in [0.25, 0.3) is 0 Å². The van der Waals surface area contributed by atoms with E-state index in [-0.39, 0.29) is 0 Å². The number of carboxylic acids is 1. The highest BCUT2D eigenvalue weighted by molar-refractivity contribution is 9.10. The lowest BCUT2D eigenvalue weighted by molar-refractivity contribution is -0.138. The van der Waals surface area contributed by atoms with Gasteiger partial charge in [-0.05, 0) is 36.6 Å². The Morgan fingerprint density at radius 2 is 2.21 bits per heavy atom. The number of carboxylic acid groups (broad SMARTS) is 1. The Bertz CT molecular complexity index is 347. The molecule has 0 bridgehead atoms. The maximum Gasteiger partial charge on any atom is 0.310 e. The van der Waals surface area contributed by atoms with Gasteiger partial charge in [-0.25, -0.2) is 0 Å². The maximum atomic E-state index is 11.0. The molecule has 0 fully saturated rings. The molecule has 1 N–H and O–H groups in total. The molecule has 0 spiro atoms. The Morgan fingerprint density at radius 1 is 1.57 bits per heavy atom. The van der Waals surface area contributed by atoms with Crippen molar-refractivity contribution in [3.8, 4) is 0 Å². The van der Waals surface area contributed by atoms with Crippen LogP contribution in [0.1, 0.15) is 30.4 Å². The van der Waals surface area contributed by atoms with Gasteiger partial charge in [0.2, 0.25) is 0 Å². The lowest BCUT2D eigenvalue weighted by Gasteiger charge is -2.13. The highest BCUT2D eigenvalue weighted by Gasteiger charge is 2.19. The second-order valence-electron chi connectivity index (χ2n) is 3.30. The first-order chi connectivity index (χ1) is 6.56. The molecule has 1 aromatic rings. The summed E-state index contributed by atoms with van der Waals surface area (Å²) >= 11 is 3.35. The summed E-state index contributed by atoms with van der Waals surface area (Å²) in [5.74, 6) is -1.15. The van der Waals surface area contributed by atoms with E-state index in [4.69, 9.17) is 5.11 Å². The van der Waals surface area contributed by atoms with Crippen LogP contribution in [0, 0.1) is 6.92 Å². The minimum atomic E-state index is -0.756. The zero-order valence-electron chi connectivity index (χ0n) is 8.25. The van der Waals surface area contributed by atoms with Crippen LogP contribution in [-0.4, -0.2) is 11.1 Å². The molecular weight excluding hydrogens is 244 g/mol. The van der Waals surface area contributed by atoms with E-state index in [2.05, 4.69) is 15.9 Å². The van der Waals surface area contributed by atoms with E-state index >= 15 is 0 Å². The van der Waals surface area contributed by atoms with Gasteiger partial charge in [-0.2, -0.15) is 0 Å². The van der Waals surface area contributed by atoms with Crippen LogP contribution in [-0.2, 0) is 4.79 Å². The molecule has 1 unspecified atom stereocenters. The minimum absolute atomic E-state index is 0.396. The van der Waals surface area contributed by atoms with Crippen LogP contribution in [0.4, 0.5) is 0 Å². The van der Waals surface area contributed by atoms with Crippen molar-refractivity contribution in [2.24, 2.45) is 0 Å². The molecule has 1 atom stereocenters. The molecule has 0 heterocycles. The Balaban J connectivity index is 3.15. The lowest BCUT2D eigenvalue weighted by Crippen LogP contribution is -2.11. The molecule has 76 valence electrons. The van der Waals surface area contributed by atoms with Gasteiger partial charge in [0.1, 0.15) is 0 Å². The van der Waals surface area contributed by atoms with Crippen LogP contribution in [0.15, 0.2) is 22.7 Å². The van der Waals surface area contributed by atoms with Crippen molar-refractivity contribution in [1.82, 2.24) is 0 Å². The summed E-state index contributed by atoms with van der Waals surface area (Å²) in [6.07, 6.45) is 0.618. The first kappa shape index (κ1) is 11.2. The van der Waals surface area contributed by atoms with Crippen LogP contribution >= 0.6 is 15.9 Å². The van der Waals surface area contributed by atoms with Gasteiger partial charge < -0.3 is 5.11 Å². The molecule has 0 aliphatic rings. The van der Waals surface area contributed by atoms with Gasteiger partial charge in [-0.3, -0.25) is 4.79 Å². The smallest absolute Gasteiger partial charge is 0.310 e. The van der Waals surface area contributed by atoms with Crippen molar-refractivity contribution in [1.29, 1.82) is 0 Å². The molecule has 3 heteroatoms. The number of aliphatic carboxylic acids is 1. The summed E-state index contributed by atoms with van der Waals surface area (Å²) in [5, 5.41) is 9.03. The Hall–Kier alpha value is -0.830. The molecule has 0 aliphatic carbocycles. The summed E-state index contributed by atoms with van der Waals surface area (Å²) in [6.45, 7) is 3.83. The normalized spacial score (nSPS) is 12.5. The van der Waals surface area contributed by atoms with E-state index in [0.717, 1.165) is 15.6 Å². The van der Waals surface area contributed by atoms with Gasteiger partial charge in [0.15, 0.2) is 0 Å². The molecule has 1 rings (SSSR count). The Labute approximate surface area is 92.1 Å². The molecule has 0 saturated carbocycles. The van der Waals surface area contributed by atoms with E-state index in [1.54, 1.807) is 0 Å². The van der Waals surface area contributed by atoms with Gasteiger partial charge in [0.05, 0.1) is 5.92 Å². The monoisotopic (exact) mass is 256 g/mol. The largest absolute Gasteiger partial charge is 0.481 e. The lowest BCUT2D eigenvalue weighted by atomic mass is 9.93. The van der Waals surface area contributed by atoms with Crippen molar-refractivity contribution in [3.05, 3.63) is 33.8 Å². The number of hydrogen-bond donors (Lipinski definition) is 1. The summed E-state index contributed by atoms with van der Waals surface area (Å²) in [6, 6.07) is 5.75. The molecule has 0 saturated heterocycles. The third-order valence-electron chi connectivity index (χ3n) is 2.32. The number of hydrogen-bond acceptors (Lipinski definition) is 1. The van der Waals surface area contributed by atoms with Gasteiger partial charge >= 0.3 is 5.97 Å². The van der Waals surface area contributed by atoms with Gasteiger partial charge in [-0.1, -0.05) is 28.9 Å². The first-order valence-corrected chi connectivity index (χ1v) is 5.34. The molecule has 14 heavy (non-hydrogen) atoms. The fraction of sp³-hybridized carbons (Fsp3) is 0.364. The zero-order valence-corrected chi connectivity index (χ0v) is 9.84. The fourth-order valence-corrected chi connectivity index (χ4v) is 1.89. The van der Waals surface area contributed by atoms with E-state index in [1.165, 1.54) is 0 Å². The van der Waals surface area contributed by atoms with Crippen LogP contribution < -0.4 is 0 Å². The Morgan fingerprint density at radius 3 is 2.71 bits per heavy atom. The molecule has 0 aliphatic heterocycles. The SMILES string of the molecule is CCC(C(=O)O)c1cc(Br)ccc1C. The average Bonchev–Trinajstić information content (AvgIpc) is 2.11. The zero-order chi connectivity index (χ0) is 10.7. The minimum Gasteiger partial charge on any atom is -0.481 e. The molecular formula is C11H13BrO2. The number of aryl methyl sites for hydroxylation is 1. The highest BCUT2D eigenvalue weighted by atomic mass is 79.9. The quantitative estimate of drug-likeness (QED) is 0.901. The molecule has 0 amide bonds. The van der Waals surface area contributed by atoms with Crippen LogP contribution in [0.5, 0.6) is 0 Å². The van der Waals surface area contributed by atoms with Gasteiger partial charge in [-0.15, -0.1) is 0 Å². The second kappa shape index (κ2) is 4.60.